The van der Waals surface area contributed by atoms with Gasteiger partial charge in [-0.05, 0) is 42.5 Å². The van der Waals surface area contributed by atoms with Crippen molar-refractivity contribution in [3.8, 4) is 17.2 Å². The molecular weight excluding hydrogens is 399 g/mol. The quantitative estimate of drug-likeness (QED) is 0.459. The highest BCUT2D eigenvalue weighted by molar-refractivity contribution is 6.07. The molecule has 1 amide bonds. The van der Waals surface area contributed by atoms with E-state index in [1.54, 1.807) is 13.8 Å². The summed E-state index contributed by atoms with van der Waals surface area (Å²) in [7, 11) is 1.34. The van der Waals surface area contributed by atoms with Crippen LogP contribution in [0.1, 0.15) is 23.1 Å². The second-order valence-electron chi connectivity index (χ2n) is 5.97. The van der Waals surface area contributed by atoms with Gasteiger partial charge in [-0.1, -0.05) is 0 Å². The van der Waals surface area contributed by atoms with E-state index in [-0.39, 0.29) is 35.0 Å². The molecule has 0 spiro atoms. The molecular formula is C18H17FN6O5. The molecule has 12 heteroatoms. The number of nitro groups is 1. The van der Waals surface area contributed by atoms with Crippen molar-refractivity contribution in [2.24, 2.45) is 0 Å². The Labute approximate surface area is 169 Å². The number of nitro benzene ring substituents is 1. The normalized spacial score (nSPS) is 10.5. The number of anilines is 1. The van der Waals surface area contributed by atoms with Crippen LogP contribution in [0.15, 0.2) is 30.3 Å². The van der Waals surface area contributed by atoms with Crippen molar-refractivity contribution in [3.05, 3.63) is 57.7 Å². The van der Waals surface area contributed by atoms with Crippen LogP contribution in [-0.4, -0.2) is 44.8 Å². The van der Waals surface area contributed by atoms with Gasteiger partial charge in [0.1, 0.15) is 17.1 Å². The molecule has 0 aliphatic rings. The predicted octanol–water partition coefficient (Wildman–Crippen LogP) is 2.68. The van der Waals surface area contributed by atoms with Crippen LogP contribution in [0.4, 0.5) is 15.8 Å². The molecule has 0 unspecified atom stereocenters. The van der Waals surface area contributed by atoms with Gasteiger partial charge in [-0.2, -0.15) is 4.68 Å². The third-order valence-electron chi connectivity index (χ3n) is 4.08. The molecule has 0 aliphatic carbocycles. The molecule has 1 heterocycles. The van der Waals surface area contributed by atoms with Crippen molar-refractivity contribution in [1.82, 2.24) is 20.2 Å². The van der Waals surface area contributed by atoms with Gasteiger partial charge >= 0.3 is 0 Å². The highest BCUT2D eigenvalue weighted by atomic mass is 19.1. The van der Waals surface area contributed by atoms with Gasteiger partial charge in [0.25, 0.3) is 11.6 Å². The number of hydrogen-bond donors (Lipinski definition) is 1. The highest BCUT2D eigenvalue weighted by Crippen LogP contribution is 2.35. The number of tetrazole rings is 1. The first-order valence-corrected chi connectivity index (χ1v) is 8.71. The van der Waals surface area contributed by atoms with E-state index in [9.17, 15) is 19.3 Å². The minimum absolute atomic E-state index is 0.00883. The maximum atomic E-state index is 14.2. The summed E-state index contributed by atoms with van der Waals surface area (Å²) in [6, 6.07) is 6.09. The molecule has 1 aromatic heterocycles. The maximum absolute atomic E-state index is 14.2. The Morgan fingerprint density at radius 2 is 2.07 bits per heavy atom. The third-order valence-corrected chi connectivity index (χ3v) is 4.08. The zero-order chi connectivity index (χ0) is 21.8. The summed E-state index contributed by atoms with van der Waals surface area (Å²) in [6.07, 6.45) is 0. The monoisotopic (exact) mass is 416 g/mol. The van der Waals surface area contributed by atoms with Gasteiger partial charge in [-0.3, -0.25) is 14.9 Å². The number of carbonyl (C=O) groups is 1. The lowest BCUT2D eigenvalue weighted by molar-refractivity contribution is -0.385. The number of hydrogen-bond acceptors (Lipinski definition) is 8. The Balaban J connectivity index is 1.99. The van der Waals surface area contributed by atoms with E-state index in [4.69, 9.17) is 9.47 Å². The van der Waals surface area contributed by atoms with E-state index in [1.807, 2.05) is 0 Å². The average molecular weight is 416 g/mol. The van der Waals surface area contributed by atoms with Crippen LogP contribution in [0.5, 0.6) is 11.5 Å². The minimum atomic E-state index is -0.781. The van der Waals surface area contributed by atoms with E-state index in [2.05, 4.69) is 20.8 Å². The second-order valence-corrected chi connectivity index (χ2v) is 5.97. The van der Waals surface area contributed by atoms with E-state index in [0.29, 0.717) is 5.82 Å². The lowest BCUT2D eigenvalue weighted by Gasteiger charge is -2.12. The summed E-state index contributed by atoms with van der Waals surface area (Å²) in [6.45, 7) is 3.57. The molecule has 0 atom stereocenters. The molecule has 1 N–H and O–H groups in total. The Kier molecular flexibility index (Phi) is 5.85. The first-order chi connectivity index (χ1) is 14.3. The number of aromatic nitrogens is 4. The number of aryl methyl sites for hydroxylation is 1. The third kappa shape index (κ3) is 4.01. The maximum Gasteiger partial charge on any atom is 0.286 e. The largest absolute Gasteiger partial charge is 0.493 e. The fraction of sp³-hybridized carbons (Fsp3) is 0.222. The van der Waals surface area contributed by atoms with Gasteiger partial charge in [0.15, 0.2) is 17.3 Å². The number of benzene rings is 2. The smallest absolute Gasteiger partial charge is 0.286 e. The van der Waals surface area contributed by atoms with Gasteiger partial charge in [0, 0.05) is 11.8 Å². The number of halogens is 1. The van der Waals surface area contributed by atoms with Crippen LogP contribution in [0.25, 0.3) is 5.69 Å². The molecule has 11 nitrogen and oxygen atoms in total. The molecule has 30 heavy (non-hydrogen) atoms. The summed E-state index contributed by atoms with van der Waals surface area (Å²) in [5.74, 6) is -0.753. The van der Waals surface area contributed by atoms with Crippen molar-refractivity contribution in [2.75, 3.05) is 19.0 Å². The van der Waals surface area contributed by atoms with Crippen LogP contribution in [-0.2, 0) is 0 Å². The summed E-state index contributed by atoms with van der Waals surface area (Å²) in [4.78, 5) is 23.6. The Hall–Kier alpha value is -4.09. The van der Waals surface area contributed by atoms with Crippen LogP contribution in [0, 0.1) is 22.9 Å². The zero-order valence-corrected chi connectivity index (χ0v) is 16.2. The molecule has 0 fully saturated rings. The molecule has 2 aromatic carbocycles. The van der Waals surface area contributed by atoms with Crippen LogP contribution < -0.4 is 14.8 Å². The van der Waals surface area contributed by atoms with Crippen LogP contribution in [0.3, 0.4) is 0 Å². The number of nitrogens with one attached hydrogen (secondary N) is 1. The zero-order valence-electron chi connectivity index (χ0n) is 16.2. The molecule has 0 saturated carbocycles. The lowest BCUT2D eigenvalue weighted by Crippen LogP contribution is -2.15. The number of methoxy groups -OCH3 is 1. The molecule has 0 aliphatic heterocycles. The summed E-state index contributed by atoms with van der Waals surface area (Å²) >= 11 is 0. The number of rotatable bonds is 7. The number of amides is 1. The second kappa shape index (κ2) is 8.51. The number of ether oxygens (including phenoxy) is 2. The van der Waals surface area contributed by atoms with Gasteiger partial charge in [0.05, 0.1) is 24.7 Å². The lowest BCUT2D eigenvalue weighted by atomic mass is 10.1. The summed E-state index contributed by atoms with van der Waals surface area (Å²) in [5, 5.41) is 24.8. The molecule has 0 radical (unpaired) electrons. The Bertz CT molecular complexity index is 1120. The van der Waals surface area contributed by atoms with E-state index >= 15 is 0 Å². The summed E-state index contributed by atoms with van der Waals surface area (Å²) in [5.41, 5.74) is -0.510. The summed E-state index contributed by atoms with van der Waals surface area (Å²) < 4.78 is 25.9. The molecule has 0 bridgehead atoms. The SMILES string of the molecule is CCOc1cc(C(=O)Nc2ccc(F)c(-n3nnnc3C)c2)c([N+](=O)[O-])cc1OC. The van der Waals surface area contributed by atoms with Gasteiger partial charge < -0.3 is 14.8 Å². The van der Waals surface area contributed by atoms with Gasteiger partial charge in [0.2, 0.25) is 0 Å². The number of carbonyl (C=O) groups excluding carboxylic acids is 1. The van der Waals surface area contributed by atoms with Crippen molar-refractivity contribution in [2.45, 2.75) is 13.8 Å². The van der Waals surface area contributed by atoms with Crippen LogP contribution in [0.2, 0.25) is 0 Å². The van der Waals surface area contributed by atoms with Crippen molar-refractivity contribution in [1.29, 1.82) is 0 Å². The van der Waals surface area contributed by atoms with Crippen LogP contribution >= 0.6 is 0 Å². The van der Waals surface area contributed by atoms with E-state index in [0.717, 1.165) is 16.8 Å². The molecule has 3 aromatic rings. The van der Waals surface area contributed by atoms with Crippen molar-refractivity contribution in [3.63, 3.8) is 0 Å². The predicted molar refractivity (Wildman–Crippen MR) is 103 cm³/mol. The van der Waals surface area contributed by atoms with Crippen molar-refractivity contribution < 1.29 is 23.6 Å². The Morgan fingerprint density at radius 3 is 2.67 bits per heavy atom. The fourth-order valence-corrected chi connectivity index (χ4v) is 2.72. The van der Waals surface area contributed by atoms with E-state index in [1.165, 1.54) is 25.3 Å². The standard InChI is InChI=1S/C18H17FN6O5/c1-4-30-17-8-12(14(25(27)28)9-16(17)29-3)18(26)20-11-5-6-13(19)15(7-11)24-10(2)21-22-23-24/h5-9H,4H2,1-3H3,(H,20,26). The van der Waals surface area contributed by atoms with E-state index < -0.39 is 22.3 Å². The van der Waals surface area contributed by atoms with Gasteiger partial charge in [-0.15, -0.1) is 5.10 Å². The minimum Gasteiger partial charge on any atom is -0.493 e. The molecule has 156 valence electrons. The highest BCUT2D eigenvalue weighted by Gasteiger charge is 2.25. The fourth-order valence-electron chi connectivity index (χ4n) is 2.72. The Morgan fingerprint density at radius 1 is 1.30 bits per heavy atom. The van der Waals surface area contributed by atoms with Gasteiger partial charge in [-0.25, -0.2) is 4.39 Å². The first-order valence-electron chi connectivity index (χ1n) is 8.71. The van der Waals surface area contributed by atoms with Crippen molar-refractivity contribution >= 4 is 17.3 Å². The molecule has 3 rings (SSSR count). The number of nitrogens with zero attached hydrogens (tertiary/aromatic N) is 5. The average Bonchev–Trinajstić information content (AvgIpc) is 3.14. The topological polar surface area (TPSA) is 134 Å². The molecule has 0 saturated heterocycles. The first kappa shape index (κ1) is 20.6.